The van der Waals surface area contributed by atoms with E-state index in [0.717, 1.165) is 0 Å². The number of aliphatic imine (C=N–C) groups is 3. The lowest BCUT2D eigenvalue weighted by atomic mass is 9.96. The molecule has 3 N–H and O–H groups in total. The number of nitro benzene ring substituents is 1. The highest BCUT2D eigenvalue weighted by molar-refractivity contribution is 7.81. The molecular formula is C17H19N5O6S. The van der Waals surface area contributed by atoms with Crippen molar-refractivity contribution in [2.24, 2.45) is 15.0 Å². The van der Waals surface area contributed by atoms with Gasteiger partial charge in [-0.05, 0) is 5.56 Å². The molecular weight excluding hydrogens is 402 g/mol. The highest BCUT2D eigenvalue weighted by Gasteiger charge is 2.50. The fraction of sp³-hybridized carbons (Fsp3) is 0.471. The molecule has 12 heteroatoms. The molecule has 3 aliphatic rings. The van der Waals surface area contributed by atoms with E-state index in [2.05, 4.69) is 27.6 Å². The Kier molecular flexibility index (Phi) is 5.12. The number of hydrogen-bond donors (Lipinski definition) is 4. The minimum absolute atomic E-state index is 0.0465. The zero-order valence-corrected chi connectivity index (χ0v) is 16.0. The second-order valence-corrected chi connectivity index (χ2v) is 7.56. The number of aliphatic hydroxyl groups excluding tert-OH is 2. The second kappa shape index (κ2) is 7.46. The monoisotopic (exact) mass is 421 g/mol. The minimum Gasteiger partial charge on any atom is -0.394 e. The summed E-state index contributed by atoms with van der Waals surface area (Å²) in [6.45, 7) is -0.235. The Morgan fingerprint density at radius 3 is 2.72 bits per heavy atom. The van der Waals surface area contributed by atoms with Crippen molar-refractivity contribution in [2.45, 2.75) is 35.8 Å². The van der Waals surface area contributed by atoms with Gasteiger partial charge in [-0.1, -0.05) is 12.1 Å². The Balaban J connectivity index is 1.54. The van der Waals surface area contributed by atoms with Crippen LogP contribution in [0.5, 0.6) is 0 Å². The maximum Gasteiger partial charge on any atom is 0.269 e. The van der Waals surface area contributed by atoms with E-state index in [-0.39, 0.29) is 31.1 Å². The summed E-state index contributed by atoms with van der Waals surface area (Å²) in [6.07, 6.45) is -1.16. The van der Waals surface area contributed by atoms with Crippen molar-refractivity contribution in [3.05, 3.63) is 39.9 Å². The van der Waals surface area contributed by atoms with Gasteiger partial charge in [-0.15, -0.1) is 0 Å². The highest BCUT2D eigenvalue weighted by Crippen LogP contribution is 2.32. The molecule has 29 heavy (non-hydrogen) atoms. The van der Waals surface area contributed by atoms with Crippen LogP contribution in [0.1, 0.15) is 5.56 Å². The van der Waals surface area contributed by atoms with Crippen LogP contribution in [-0.4, -0.2) is 85.7 Å². The summed E-state index contributed by atoms with van der Waals surface area (Å²) in [7, 11) is 0. The molecule has 1 unspecified atom stereocenters. The Hall–Kier alpha value is -2.38. The van der Waals surface area contributed by atoms with E-state index in [4.69, 9.17) is 4.74 Å². The normalized spacial score (nSPS) is 33.4. The lowest BCUT2D eigenvalue weighted by Crippen LogP contribution is -2.51. The molecule has 4 rings (SSSR count). The van der Waals surface area contributed by atoms with Crippen molar-refractivity contribution >= 4 is 36.2 Å². The van der Waals surface area contributed by atoms with Crippen molar-refractivity contribution in [3.63, 3.8) is 0 Å². The van der Waals surface area contributed by atoms with Crippen molar-refractivity contribution in [2.75, 3.05) is 13.3 Å². The Bertz CT molecular complexity index is 906. The molecule has 1 saturated heterocycles. The molecule has 0 bridgehead atoms. The predicted molar refractivity (Wildman–Crippen MR) is 106 cm³/mol. The number of rotatable bonds is 5. The highest BCUT2D eigenvalue weighted by atomic mass is 32.1. The summed E-state index contributed by atoms with van der Waals surface area (Å²) < 4.78 is 5.70. The van der Waals surface area contributed by atoms with Gasteiger partial charge in [0.25, 0.3) is 5.69 Å². The molecule has 11 nitrogen and oxygen atoms in total. The van der Waals surface area contributed by atoms with E-state index in [1.807, 2.05) is 0 Å². The summed E-state index contributed by atoms with van der Waals surface area (Å²) in [5.74, 6) is 0.347. The first-order valence-corrected chi connectivity index (χ1v) is 9.37. The number of fused-ring (bicyclic) bond motifs is 1. The molecule has 0 aliphatic carbocycles. The molecule has 1 fully saturated rings. The van der Waals surface area contributed by atoms with Gasteiger partial charge < -0.3 is 25.0 Å². The first kappa shape index (κ1) is 19.9. The lowest BCUT2D eigenvalue weighted by Gasteiger charge is -2.32. The van der Waals surface area contributed by atoms with Crippen LogP contribution in [0.3, 0.4) is 0 Å². The van der Waals surface area contributed by atoms with E-state index in [1.165, 1.54) is 18.5 Å². The number of hydrogen-bond acceptors (Lipinski definition) is 11. The summed E-state index contributed by atoms with van der Waals surface area (Å²) in [6, 6.07) is 5.82. The van der Waals surface area contributed by atoms with Crippen LogP contribution < -0.4 is 0 Å². The Morgan fingerprint density at radius 1 is 1.38 bits per heavy atom. The predicted octanol–water partition coefficient (Wildman–Crippen LogP) is -0.643. The number of benzene rings is 1. The van der Waals surface area contributed by atoms with Gasteiger partial charge in [0.05, 0.1) is 22.9 Å². The van der Waals surface area contributed by atoms with E-state index >= 15 is 0 Å². The summed E-state index contributed by atoms with van der Waals surface area (Å²) in [5, 5.41) is 40.8. The van der Waals surface area contributed by atoms with Crippen LogP contribution >= 0.6 is 12.6 Å². The molecule has 154 valence electrons. The van der Waals surface area contributed by atoms with Gasteiger partial charge in [-0.25, -0.2) is 9.98 Å². The number of ether oxygens (including phenoxy) is 1. The zero-order chi connectivity index (χ0) is 20.8. The molecule has 3 aliphatic heterocycles. The third-order valence-corrected chi connectivity index (χ3v) is 5.68. The molecule has 5 atom stereocenters. The third-order valence-electron chi connectivity index (χ3n) is 5.12. The average molecular weight is 421 g/mol. The molecule has 3 heterocycles. The molecule has 1 aromatic rings. The number of thiol groups is 1. The topological polar surface area (TPSA) is 153 Å². The van der Waals surface area contributed by atoms with Crippen molar-refractivity contribution < 1.29 is 25.0 Å². The summed E-state index contributed by atoms with van der Waals surface area (Å²) >= 11 is 4.39. The van der Waals surface area contributed by atoms with E-state index in [1.54, 1.807) is 17.0 Å². The number of nitrogens with zero attached hydrogens (tertiary/aromatic N) is 5. The third kappa shape index (κ3) is 3.42. The first-order valence-electron chi connectivity index (χ1n) is 8.85. The first-order chi connectivity index (χ1) is 13.8. The zero-order valence-electron chi connectivity index (χ0n) is 15.1. The van der Waals surface area contributed by atoms with Gasteiger partial charge in [0.15, 0.2) is 5.84 Å². The van der Waals surface area contributed by atoms with Gasteiger partial charge in [0.1, 0.15) is 31.1 Å². The quantitative estimate of drug-likeness (QED) is 0.280. The summed E-state index contributed by atoms with van der Waals surface area (Å²) in [4.78, 5) is 24.6. The fourth-order valence-corrected chi connectivity index (χ4v) is 4.01. The van der Waals surface area contributed by atoms with Gasteiger partial charge in [-0.2, -0.15) is 12.6 Å². The Labute approximate surface area is 170 Å². The molecule has 0 aromatic heterocycles. The number of nitro groups is 1. The minimum atomic E-state index is -1.69. The Morgan fingerprint density at radius 2 is 2.10 bits per heavy atom. The van der Waals surface area contributed by atoms with Crippen LogP contribution in [0.25, 0.3) is 0 Å². The van der Waals surface area contributed by atoms with Gasteiger partial charge in [-0.3, -0.25) is 15.1 Å². The number of amidine groups is 1. The van der Waals surface area contributed by atoms with Gasteiger partial charge in [0.2, 0.25) is 5.72 Å². The standard InChI is InChI=1S/C17H19N5O6S/c23-6-11-12(24)13(29)16(28-11)21-8-19-14-15(21)18-7-20-17(14,25)5-9-1-3-10(4-2-9)22(26)27/h1-4,7,11-13,16,23-25,29H,5-6,8H2/t11-,12-,13-,16-,17?/m1/s1. The molecule has 0 spiro atoms. The van der Waals surface area contributed by atoms with Crippen LogP contribution in [0.2, 0.25) is 0 Å². The van der Waals surface area contributed by atoms with E-state index < -0.39 is 34.3 Å². The van der Waals surface area contributed by atoms with Crippen LogP contribution in [0.15, 0.2) is 39.2 Å². The second-order valence-electron chi connectivity index (χ2n) is 6.96. The average Bonchev–Trinajstić information content (AvgIpc) is 3.25. The van der Waals surface area contributed by atoms with Crippen molar-refractivity contribution in [1.29, 1.82) is 0 Å². The van der Waals surface area contributed by atoms with Crippen molar-refractivity contribution in [3.8, 4) is 0 Å². The maximum absolute atomic E-state index is 11.1. The number of non-ortho nitro benzene ring substituents is 1. The van der Waals surface area contributed by atoms with Crippen LogP contribution in [-0.2, 0) is 11.2 Å². The molecule has 0 radical (unpaired) electrons. The molecule has 1 aromatic carbocycles. The smallest absolute Gasteiger partial charge is 0.269 e. The molecule has 0 saturated carbocycles. The molecule has 0 amide bonds. The SMILES string of the molecule is O=[N+]([O-])c1ccc(CC2(O)N=CN=C3C2=NCN3[C@@H]2O[C@H](CO)[C@@H](O)[C@H]2S)cc1. The van der Waals surface area contributed by atoms with E-state index in [0.29, 0.717) is 11.4 Å². The maximum atomic E-state index is 11.1. The van der Waals surface area contributed by atoms with Crippen LogP contribution in [0.4, 0.5) is 5.69 Å². The lowest BCUT2D eigenvalue weighted by molar-refractivity contribution is -0.384. The van der Waals surface area contributed by atoms with Gasteiger partial charge >= 0.3 is 0 Å². The van der Waals surface area contributed by atoms with E-state index in [9.17, 15) is 25.4 Å². The van der Waals surface area contributed by atoms with Crippen molar-refractivity contribution in [1.82, 2.24) is 4.90 Å². The summed E-state index contributed by atoms with van der Waals surface area (Å²) in [5.41, 5.74) is -0.862. The van der Waals surface area contributed by atoms with Crippen LogP contribution in [0, 0.1) is 10.1 Å². The fourth-order valence-electron chi connectivity index (χ4n) is 3.59. The largest absolute Gasteiger partial charge is 0.394 e. The number of aliphatic hydroxyl groups is 3. The van der Waals surface area contributed by atoms with Gasteiger partial charge in [0, 0.05) is 18.6 Å².